The van der Waals surface area contributed by atoms with Gasteiger partial charge in [0, 0.05) is 24.8 Å². The summed E-state index contributed by atoms with van der Waals surface area (Å²) in [6.07, 6.45) is -1.96. The van der Waals surface area contributed by atoms with E-state index in [1.807, 2.05) is 13.0 Å². The van der Waals surface area contributed by atoms with Crippen LogP contribution in [0.25, 0.3) is 0 Å². The highest BCUT2D eigenvalue weighted by Crippen LogP contribution is 2.29. The van der Waals surface area contributed by atoms with Crippen molar-refractivity contribution in [2.24, 2.45) is 4.99 Å². The van der Waals surface area contributed by atoms with Crippen LogP contribution in [0, 0.1) is 11.8 Å². The summed E-state index contributed by atoms with van der Waals surface area (Å²) in [6, 6.07) is 8.57. The van der Waals surface area contributed by atoms with Crippen LogP contribution in [-0.4, -0.2) is 30.6 Å². The summed E-state index contributed by atoms with van der Waals surface area (Å²) in [5.41, 5.74) is 0.626. The van der Waals surface area contributed by atoms with Gasteiger partial charge in [0.05, 0.1) is 12.1 Å². The summed E-state index contributed by atoms with van der Waals surface area (Å²) < 4.78 is 38.1. The molecule has 1 aromatic heterocycles. The van der Waals surface area contributed by atoms with Crippen molar-refractivity contribution < 1.29 is 13.2 Å². The van der Waals surface area contributed by atoms with Crippen molar-refractivity contribution in [3.63, 3.8) is 0 Å². The molecule has 0 aliphatic rings. The number of aromatic nitrogens is 1. The number of hydrogen-bond donors (Lipinski definition) is 2. The maximum Gasteiger partial charge on any atom is 0.416 e. The fourth-order valence-corrected chi connectivity index (χ4v) is 2.35. The Labute approximate surface area is 190 Å². The Hall–Kier alpha value is -1.99. The zero-order valence-corrected chi connectivity index (χ0v) is 18.8. The topological polar surface area (TPSA) is 49.3 Å². The van der Waals surface area contributed by atoms with Gasteiger partial charge in [-0.2, -0.15) is 13.2 Å². The number of nitrogens with zero attached hydrogens (tertiary/aromatic N) is 2. The van der Waals surface area contributed by atoms with E-state index in [1.54, 1.807) is 18.3 Å². The average molecular weight is 537 g/mol. The largest absolute Gasteiger partial charge is 0.416 e. The molecule has 2 N–H and O–H groups in total. The zero-order valence-electron chi connectivity index (χ0n) is 15.7. The molecular formula is C20H21ClF3IN4. The highest BCUT2D eigenvalue weighted by atomic mass is 127. The van der Waals surface area contributed by atoms with E-state index in [0.29, 0.717) is 36.2 Å². The number of nitrogens with one attached hydrogen (secondary N) is 2. The van der Waals surface area contributed by atoms with Crippen LogP contribution in [0.4, 0.5) is 13.2 Å². The van der Waals surface area contributed by atoms with Gasteiger partial charge < -0.3 is 10.6 Å². The molecule has 0 aliphatic carbocycles. The molecule has 0 saturated heterocycles. The number of aliphatic imine (C=N–C) groups is 1. The van der Waals surface area contributed by atoms with Gasteiger partial charge in [-0.15, -0.1) is 24.0 Å². The van der Waals surface area contributed by atoms with Crippen LogP contribution in [0.2, 0.25) is 5.15 Å². The number of hydrogen-bond acceptors (Lipinski definition) is 2. The summed E-state index contributed by atoms with van der Waals surface area (Å²) in [4.78, 5) is 8.46. The second-order valence-corrected chi connectivity index (χ2v) is 6.12. The van der Waals surface area contributed by atoms with Crippen LogP contribution in [0.5, 0.6) is 0 Å². The second kappa shape index (κ2) is 12.5. The molecule has 0 amide bonds. The lowest BCUT2D eigenvalue weighted by molar-refractivity contribution is -0.137. The molecule has 0 aliphatic heterocycles. The SMILES string of the molecule is CCNC(=NCCc1ccc(Cl)nc1)NCC#Cc1cccc(C(F)(F)F)c1.I. The van der Waals surface area contributed by atoms with E-state index in [1.165, 1.54) is 6.07 Å². The highest BCUT2D eigenvalue weighted by Gasteiger charge is 2.30. The van der Waals surface area contributed by atoms with E-state index in [4.69, 9.17) is 11.6 Å². The molecule has 1 heterocycles. The lowest BCUT2D eigenvalue weighted by Gasteiger charge is -2.08. The van der Waals surface area contributed by atoms with Crippen molar-refractivity contribution >= 4 is 41.5 Å². The molecule has 0 unspecified atom stereocenters. The Balaban J connectivity index is 0.00000420. The Kier molecular flexibility index (Phi) is 10.8. The first kappa shape index (κ1) is 25.0. The van der Waals surface area contributed by atoms with E-state index in [9.17, 15) is 13.2 Å². The molecule has 156 valence electrons. The van der Waals surface area contributed by atoms with Crippen molar-refractivity contribution in [3.05, 3.63) is 64.4 Å². The van der Waals surface area contributed by atoms with Crippen LogP contribution < -0.4 is 10.6 Å². The first-order valence-electron chi connectivity index (χ1n) is 8.67. The Morgan fingerprint density at radius 1 is 1.21 bits per heavy atom. The van der Waals surface area contributed by atoms with Gasteiger partial charge in [-0.25, -0.2) is 4.98 Å². The summed E-state index contributed by atoms with van der Waals surface area (Å²) in [7, 11) is 0. The Bertz CT molecular complexity index is 859. The predicted octanol–water partition coefficient (Wildman–Crippen LogP) is 4.52. The molecule has 2 rings (SSSR count). The smallest absolute Gasteiger partial charge is 0.357 e. The molecule has 0 bridgehead atoms. The third-order valence-corrected chi connectivity index (χ3v) is 3.79. The van der Waals surface area contributed by atoms with Crippen molar-refractivity contribution in [1.29, 1.82) is 0 Å². The minimum atomic E-state index is -4.37. The number of guanidine groups is 1. The van der Waals surface area contributed by atoms with Crippen LogP contribution in [0.15, 0.2) is 47.6 Å². The summed E-state index contributed by atoms with van der Waals surface area (Å²) in [6.45, 7) is 3.41. The van der Waals surface area contributed by atoms with Crippen LogP contribution in [-0.2, 0) is 12.6 Å². The van der Waals surface area contributed by atoms with E-state index >= 15 is 0 Å². The molecule has 4 nitrogen and oxygen atoms in total. The normalized spacial score (nSPS) is 11.1. The van der Waals surface area contributed by atoms with Gasteiger partial charge in [0.1, 0.15) is 5.15 Å². The van der Waals surface area contributed by atoms with E-state index < -0.39 is 11.7 Å². The van der Waals surface area contributed by atoms with Crippen molar-refractivity contribution in [1.82, 2.24) is 15.6 Å². The van der Waals surface area contributed by atoms with Crippen LogP contribution in [0.1, 0.15) is 23.6 Å². The molecule has 0 saturated carbocycles. The summed E-state index contributed by atoms with van der Waals surface area (Å²) >= 11 is 5.76. The van der Waals surface area contributed by atoms with Gasteiger partial charge in [-0.3, -0.25) is 4.99 Å². The molecule has 0 spiro atoms. The molecule has 29 heavy (non-hydrogen) atoms. The van der Waals surface area contributed by atoms with Gasteiger partial charge in [0.15, 0.2) is 5.96 Å². The first-order chi connectivity index (χ1) is 13.4. The molecule has 0 atom stereocenters. The maximum absolute atomic E-state index is 12.7. The quantitative estimate of drug-likeness (QED) is 0.194. The van der Waals surface area contributed by atoms with Crippen LogP contribution >= 0.6 is 35.6 Å². The first-order valence-corrected chi connectivity index (χ1v) is 9.05. The minimum absolute atomic E-state index is 0. The lowest BCUT2D eigenvalue weighted by atomic mass is 10.1. The van der Waals surface area contributed by atoms with E-state index in [2.05, 4.69) is 32.5 Å². The van der Waals surface area contributed by atoms with Gasteiger partial charge in [-0.1, -0.05) is 35.6 Å². The van der Waals surface area contributed by atoms with Crippen LogP contribution in [0.3, 0.4) is 0 Å². The molecule has 0 fully saturated rings. The predicted molar refractivity (Wildman–Crippen MR) is 121 cm³/mol. The lowest BCUT2D eigenvalue weighted by Crippen LogP contribution is -2.37. The Morgan fingerprint density at radius 3 is 2.66 bits per heavy atom. The number of alkyl halides is 3. The third-order valence-electron chi connectivity index (χ3n) is 3.57. The molecule has 2 aromatic rings. The summed E-state index contributed by atoms with van der Waals surface area (Å²) in [5.74, 6) is 6.12. The Morgan fingerprint density at radius 2 is 2.00 bits per heavy atom. The van der Waals surface area contributed by atoms with Gasteiger partial charge in [-0.05, 0) is 43.2 Å². The zero-order chi connectivity index (χ0) is 20.4. The second-order valence-electron chi connectivity index (χ2n) is 5.73. The van der Waals surface area contributed by atoms with Gasteiger partial charge >= 0.3 is 6.18 Å². The molecule has 1 aromatic carbocycles. The van der Waals surface area contributed by atoms with Crippen molar-refractivity contribution in [2.75, 3.05) is 19.6 Å². The fraction of sp³-hybridized carbons (Fsp3) is 0.300. The maximum atomic E-state index is 12.7. The minimum Gasteiger partial charge on any atom is -0.357 e. The standard InChI is InChI=1S/C20H20ClF3N4.HI/c1-2-25-19(27-12-10-16-8-9-18(21)28-14-16)26-11-4-6-15-5-3-7-17(13-15)20(22,23)24;/h3,5,7-9,13-14H,2,10-12H2,1H3,(H2,25,26,27);1H. The summed E-state index contributed by atoms with van der Waals surface area (Å²) in [5, 5.41) is 6.57. The molecular weight excluding hydrogens is 516 g/mol. The number of rotatable bonds is 5. The monoisotopic (exact) mass is 536 g/mol. The highest BCUT2D eigenvalue weighted by molar-refractivity contribution is 14.0. The van der Waals surface area contributed by atoms with Gasteiger partial charge in [0.25, 0.3) is 0 Å². The third kappa shape index (κ3) is 9.37. The number of benzene rings is 1. The molecule has 9 heteroatoms. The molecule has 0 radical (unpaired) electrons. The van der Waals surface area contributed by atoms with E-state index in [0.717, 1.165) is 17.7 Å². The number of halogens is 5. The van der Waals surface area contributed by atoms with E-state index in [-0.39, 0.29) is 30.5 Å². The van der Waals surface area contributed by atoms with Crippen molar-refractivity contribution in [3.8, 4) is 11.8 Å². The average Bonchev–Trinajstić information content (AvgIpc) is 2.66. The fourth-order valence-electron chi connectivity index (χ4n) is 2.24. The van der Waals surface area contributed by atoms with Gasteiger partial charge in [0.2, 0.25) is 0 Å². The van der Waals surface area contributed by atoms with Crippen molar-refractivity contribution in [2.45, 2.75) is 19.5 Å². The number of pyridine rings is 1.